The van der Waals surface area contributed by atoms with Crippen LogP contribution >= 0.6 is 0 Å². The van der Waals surface area contributed by atoms with Gasteiger partial charge in [-0.2, -0.15) is 0 Å². The smallest absolute Gasteiger partial charge is 0.257 e. The van der Waals surface area contributed by atoms with Crippen LogP contribution in [0.5, 0.6) is 0 Å². The predicted molar refractivity (Wildman–Crippen MR) is 90.7 cm³/mol. The summed E-state index contributed by atoms with van der Waals surface area (Å²) in [5, 5.41) is 2.94. The number of hydrogen-bond acceptors (Lipinski definition) is 3. The quantitative estimate of drug-likeness (QED) is 0.754. The van der Waals surface area contributed by atoms with Crippen LogP contribution in [0.1, 0.15) is 27.7 Å². The van der Waals surface area contributed by atoms with Gasteiger partial charge in [-0.05, 0) is 12.5 Å². The fourth-order valence-electron chi connectivity index (χ4n) is 2.51. The summed E-state index contributed by atoms with van der Waals surface area (Å²) in [6, 6.07) is 10.8. The number of amides is 1. The first-order chi connectivity index (χ1) is 11.6. The van der Waals surface area contributed by atoms with Crippen molar-refractivity contribution in [3.8, 4) is 0 Å². The molecule has 122 valence electrons. The van der Waals surface area contributed by atoms with E-state index in [4.69, 9.17) is 0 Å². The number of rotatable bonds is 5. The minimum absolute atomic E-state index is 0.104. The molecule has 0 fully saturated rings. The molecular formula is C18H18N4O2. The standard InChI is InChI=1S/C18H18N4O2/c1-13-9-17(23)15(10-20-13)18(24)21-16(11-22-8-7-19-12-22)14-5-3-2-4-6-14/h2-10,12,16H,11H2,1H3,(H,20,23)(H,21,24). The van der Waals surface area contributed by atoms with Crippen LogP contribution in [-0.4, -0.2) is 20.4 Å². The Hall–Kier alpha value is -3.15. The van der Waals surface area contributed by atoms with Crippen LogP contribution in [0.25, 0.3) is 0 Å². The second-order valence-electron chi connectivity index (χ2n) is 5.59. The molecule has 0 aliphatic heterocycles. The normalized spacial score (nSPS) is 11.9. The maximum absolute atomic E-state index is 12.5. The zero-order valence-electron chi connectivity index (χ0n) is 13.3. The van der Waals surface area contributed by atoms with E-state index in [2.05, 4.69) is 15.3 Å². The molecule has 1 amide bonds. The molecule has 0 saturated carbocycles. The highest BCUT2D eigenvalue weighted by atomic mass is 16.2. The first-order valence-corrected chi connectivity index (χ1v) is 7.64. The van der Waals surface area contributed by atoms with Crippen LogP contribution in [0, 0.1) is 6.92 Å². The number of carbonyl (C=O) groups is 1. The summed E-state index contributed by atoms with van der Waals surface area (Å²) in [6.45, 7) is 2.30. The van der Waals surface area contributed by atoms with Crippen molar-refractivity contribution >= 4 is 5.91 Å². The van der Waals surface area contributed by atoms with Gasteiger partial charge in [-0.25, -0.2) is 4.98 Å². The van der Waals surface area contributed by atoms with E-state index in [0.717, 1.165) is 11.3 Å². The van der Waals surface area contributed by atoms with Gasteiger partial charge in [0.1, 0.15) is 5.56 Å². The van der Waals surface area contributed by atoms with Crippen molar-refractivity contribution < 1.29 is 4.79 Å². The van der Waals surface area contributed by atoms with Crippen molar-refractivity contribution in [2.75, 3.05) is 0 Å². The lowest BCUT2D eigenvalue weighted by Crippen LogP contribution is -2.34. The molecule has 0 saturated heterocycles. The fraction of sp³-hybridized carbons (Fsp3) is 0.167. The largest absolute Gasteiger partial charge is 0.364 e. The van der Waals surface area contributed by atoms with E-state index < -0.39 is 5.91 Å². The third kappa shape index (κ3) is 3.60. The van der Waals surface area contributed by atoms with Gasteiger partial charge in [-0.3, -0.25) is 9.59 Å². The molecule has 24 heavy (non-hydrogen) atoms. The molecule has 2 aromatic heterocycles. The van der Waals surface area contributed by atoms with Crippen LogP contribution < -0.4 is 10.7 Å². The van der Waals surface area contributed by atoms with E-state index >= 15 is 0 Å². The number of pyridine rings is 1. The topological polar surface area (TPSA) is 79.8 Å². The lowest BCUT2D eigenvalue weighted by Gasteiger charge is -2.19. The second-order valence-corrected chi connectivity index (χ2v) is 5.59. The summed E-state index contributed by atoms with van der Waals surface area (Å²) in [7, 11) is 0. The number of nitrogens with one attached hydrogen (secondary N) is 2. The summed E-state index contributed by atoms with van der Waals surface area (Å²) in [5.74, 6) is -0.398. The first-order valence-electron chi connectivity index (χ1n) is 7.64. The molecule has 0 aliphatic carbocycles. The summed E-state index contributed by atoms with van der Waals surface area (Å²) in [6.07, 6.45) is 6.67. The van der Waals surface area contributed by atoms with Crippen molar-refractivity contribution in [1.29, 1.82) is 0 Å². The van der Waals surface area contributed by atoms with Gasteiger partial charge in [0.15, 0.2) is 5.43 Å². The highest BCUT2D eigenvalue weighted by Crippen LogP contribution is 2.15. The van der Waals surface area contributed by atoms with Crippen LogP contribution in [0.4, 0.5) is 0 Å². The summed E-state index contributed by atoms with van der Waals surface area (Å²) in [5.41, 5.74) is 1.49. The average Bonchev–Trinajstić information content (AvgIpc) is 3.08. The Labute approximate surface area is 139 Å². The van der Waals surface area contributed by atoms with Crippen LogP contribution in [-0.2, 0) is 6.54 Å². The molecule has 6 heteroatoms. The van der Waals surface area contributed by atoms with Gasteiger partial charge in [-0.15, -0.1) is 0 Å². The molecule has 6 nitrogen and oxygen atoms in total. The monoisotopic (exact) mass is 322 g/mol. The Morgan fingerprint density at radius 2 is 2.12 bits per heavy atom. The van der Waals surface area contributed by atoms with Crippen LogP contribution in [0.2, 0.25) is 0 Å². The molecule has 1 atom stereocenters. The van der Waals surface area contributed by atoms with Crippen molar-refractivity contribution in [3.05, 3.63) is 88.4 Å². The van der Waals surface area contributed by atoms with Gasteiger partial charge >= 0.3 is 0 Å². The van der Waals surface area contributed by atoms with Crippen molar-refractivity contribution in [2.24, 2.45) is 0 Å². The zero-order chi connectivity index (χ0) is 16.9. The highest BCUT2D eigenvalue weighted by molar-refractivity contribution is 5.94. The molecule has 0 bridgehead atoms. The van der Waals surface area contributed by atoms with Crippen LogP contribution in [0.3, 0.4) is 0 Å². The van der Waals surface area contributed by atoms with Gasteiger partial charge in [0.05, 0.1) is 12.4 Å². The number of benzene rings is 1. The van der Waals surface area contributed by atoms with Gasteiger partial charge in [-0.1, -0.05) is 30.3 Å². The predicted octanol–water partition coefficient (Wildman–Crippen LogP) is 2.05. The third-order valence-corrected chi connectivity index (χ3v) is 3.76. The number of aromatic amines is 1. The first kappa shape index (κ1) is 15.7. The number of carbonyl (C=O) groups excluding carboxylic acids is 1. The molecule has 3 rings (SSSR count). The molecular weight excluding hydrogens is 304 g/mol. The Morgan fingerprint density at radius 3 is 2.79 bits per heavy atom. The highest BCUT2D eigenvalue weighted by Gasteiger charge is 2.18. The van der Waals surface area contributed by atoms with Gasteiger partial charge in [0, 0.05) is 36.9 Å². The maximum Gasteiger partial charge on any atom is 0.257 e. The van der Waals surface area contributed by atoms with Gasteiger partial charge in [0.2, 0.25) is 0 Å². The molecule has 0 radical (unpaired) electrons. The molecule has 1 unspecified atom stereocenters. The second kappa shape index (κ2) is 6.95. The van der Waals surface area contributed by atoms with Gasteiger partial charge < -0.3 is 14.9 Å². The SMILES string of the molecule is Cc1cc(=O)c(C(=O)NC(Cn2ccnc2)c2ccccc2)c[nH]1. The van der Waals surface area contributed by atoms with E-state index in [9.17, 15) is 9.59 Å². The van der Waals surface area contributed by atoms with E-state index in [1.165, 1.54) is 12.3 Å². The van der Waals surface area contributed by atoms with Crippen LogP contribution in [0.15, 0.2) is 66.1 Å². The van der Waals surface area contributed by atoms with Crippen molar-refractivity contribution in [1.82, 2.24) is 19.9 Å². The summed E-state index contributed by atoms with van der Waals surface area (Å²) in [4.78, 5) is 31.5. The summed E-state index contributed by atoms with van der Waals surface area (Å²) >= 11 is 0. The third-order valence-electron chi connectivity index (χ3n) is 3.76. The number of imidazole rings is 1. The molecule has 2 heterocycles. The molecule has 0 aliphatic rings. The number of nitrogens with zero attached hydrogens (tertiary/aromatic N) is 2. The van der Waals surface area contributed by atoms with E-state index in [0.29, 0.717) is 6.54 Å². The zero-order valence-corrected chi connectivity index (χ0v) is 13.3. The number of hydrogen-bond donors (Lipinski definition) is 2. The molecule has 0 spiro atoms. The van der Waals surface area contributed by atoms with Crippen molar-refractivity contribution in [3.63, 3.8) is 0 Å². The molecule has 3 aromatic rings. The Balaban J connectivity index is 1.86. The van der Waals surface area contributed by atoms with Gasteiger partial charge in [0.25, 0.3) is 5.91 Å². The minimum atomic E-state index is -0.398. The number of H-pyrrole nitrogens is 1. The lowest BCUT2D eigenvalue weighted by molar-refractivity contribution is 0.0931. The Bertz CT molecular complexity index is 870. The Morgan fingerprint density at radius 1 is 1.33 bits per heavy atom. The number of aromatic nitrogens is 3. The molecule has 1 aromatic carbocycles. The molecule has 2 N–H and O–H groups in total. The maximum atomic E-state index is 12.5. The minimum Gasteiger partial charge on any atom is -0.364 e. The lowest BCUT2D eigenvalue weighted by atomic mass is 10.1. The van der Waals surface area contributed by atoms with E-state index in [1.54, 1.807) is 19.4 Å². The summed E-state index contributed by atoms with van der Waals surface area (Å²) < 4.78 is 1.89. The fourth-order valence-corrected chi connectivity index (χ4v) is 2.51. The number of aryl methyl sites for hydroxylation is 1. The van der Waals surface area contributed by atoms with E-state index in [-0.39, 0.29) is 17.0 Å². The Kier molecular flexibility index (Phi) is 4.56. The average molecular weight is 322 g/mol. The van der Waals surface area contributed by atoms with E-state index in [1.807, 2.05) is 41.1 Å². The van der Waals surface area contributed by atoms with Crippen molar-refractivity contribution in [2.45, 2.75) is 19.5 Å².